The molecule has 1 aromatic carbocycles. The number of alkyl halides is 3. The number of rotatable bonds is 6. The predicted molar refractivity (Wildman–Crippen MR) is 115 cm³/mol. The zero-order valence-corrected chi connectivity index (χ0v) is 18.6. The molecule has 0 saturated carbocycles. The molecular formula is C19H18ClF3N6O2S. The van der Waals surface area contributed by atoms with Crippen molar-refractivity contribution in [2.45, 2.75) is 31.0 Å². The minimum atomic E-state index is -4.63. The highest BCUT2D eigenvalue weighted by Crippen LogP contribution is 2.29. The molecule has 2 N–H and O–H groups in total. The van der Waals surface area contributed by atoms with Crippen LogP contribution in [0.5, 0.6) is 0 Å². The first-order valence-corrected chi connectivity index (χ1v) is 11.4. The maximum Gasteiger partial charge on any atom is 0.433 e. The Morgan fingerprint density at radius 3 is 2.31 bits per heavy atom. The number of nitrogens with zero attached hydrogens (tertiary/aromatic N) is 4. The maximum absolute atomic E-state index is 13.1. The molecule has 32 heavy (non-hydrogen) atoms. The van der Waals surface area contributed by atoms with Crippen LogP contribution in [0.1, 0.15) is 19.5 Å². The number of aromatic nitrogens is 4. The van der Waals surface area contributed by atoms with Crippen LogP contribution in [0, 0.1) is 0 Å². The van der Waals surface area contributed by atoms with Crippen molar-refractivity contribution in [3.05, 3.63) is 47.1 Å². The molecule has 0 spiro atoms. The van der Waals surface area contributed by atoms with E-state index in [9.17, 15) is 21.6 Å². The molecule has 170 valence electrons. The van der Waals surface area contributed by atoms with Gasteiger partial charge in [0.05, 0.1) is 4.90 Å². The van der Waals surface area contributed by atoms with E-state index in [1.54, 1.807) is 0 Å². The average molecular weight is 487 g/mol. The normalized spacial score (nSPS) is 12.1. The Hall–Kier alpha value is -2.99. The Labute approximate surface area is 187 Å². The molecule has 0 unspecified atom stereocenters. The molecule has 2 heterocycles. The number of sulfone groups is 1. The van der Waals surface area contributed by atoms with Crippen LogP contribution >= 0.6 is 11.6 Å². The van der Waals surface area contributed by atoms with Gasteiger partial charge in [-0.3, -0.25) is 0 Å². The quantitative estimate of drug-likeness (QED) is 0.521. The molecule has 2 aromatic heterocycles. The molecule has 3 rings (SSSR count). The van der Waals surface area contributed by atoms with E-state index >= 15 is 0 Å². The number of hydrogen-bond acceptors (Lipinski definition) is 8. The first-order chi connectivity index (χ1) is 14.8. The van der Waals surface area contributed by atoms with Gasteiger partial charge in [0.25, 0.3) is 0 Å². The molecule has 0 aliphatic heterocycles. The largest absolute Gasteiger partial charge is 0.433 e. The van der Waals surface area contributed by atoms with Crippen LogP contribution in [0.3, 0.4) is 0 Å². The van der Waals surface area contributed by atoms with Crippen molar-refractivity contribution in [3.8, 4) is 11.5 Å². The lowest BCUT2D eigenvalue weighted by atomic mass is 10.3. The highest BCUT2D eigenvalue weighted by molar-refractivity contribution is 7.90. The number of hydrogen-bond donors (Lipinski definition) is 2. The van der Waals surface area contributed by atoms with E-state index in [2.05, 4.69) is 30.6 Å². The second-order valence-corrected chi connectivity index (χ2v) is 9.54. The van der Waals surface area contributed by atoms with E-state index < -0.39 is 21.7 Å². The Morgan fingerprint density at radius 2 is 1.69 bits per heavy atom. The van der Waals surface area contributed by atoms with Crippen molar-refractivity contribution < 1.29 is 21.6 Å². The second kappa shape index (κ2) is 8.87. The fourth-order valence-corrected chi connectivity index (χ4v) is 3.55. The molecule has 0 fully saturated rings. The molecule has 0 atom stereocenters. The van der Waals surface area contributed by atoms with E-state index in [-0.39, 0.29) is 45.1 Å². The van der Waals surface area contributed by atoms with Gasteiger partial charge in [-0.25, -0.2) is 13.4 Å². The van der Waals surface area contributed by atoms with E-state index in [1.165, 1.54) is 30.3 Å². The summed E-state index contributed by atoms with van der Waals surface area (Å²) in [6.07, 6.45) is -3.60. The molecule has 13 heteroatoms. The summed E-state index contributed by atoms with van der Waals surface area (Å²) in [5, 5.41) is 5.94. The van der Waals surface area contributed by atoms with Gasteiger partial charge >= 0.3 is 6.18 Å². The van der Waals surface area contributed by atoms with Crippen LogP contribution in [0.15, 0.2) is 41.3 Å². The Bertz CT molecular complexity index is 1250. The van der Waals surface area contributed by atoms with Crippen LogP contribution in [0.2, 0.25) is 5.02 Å². The SMILES string of the molecule is CC(C)Nc1nc(Nc2cc(Cl)cc(S(C)(=O)=O)c2)nc(-c2cccc(C(F)(F)F)n2)n1. The highest BCUT2D eigenvalue weighted by atomic mass is 35.5. The van der Waals surface area contributed by atoms with Crippen LogP contribution in [-0.2, 0) is 16.0 Å². The maximum atomic E-state index is 13.1. The van der Waals surface area contributed by atoms with Gasteiger partial charge in [0.2, 0.25) is 11.9 Å². The summed E-state index contributed by atoms with van der Waals surface area (Å²) in [5.41, 5.74) is -0.932. The van der Waals surface area contributed by atoms with Crippen LogP contribution < -0.4 is 10.6 Å². The lowest BCUT2D eigenvalue weighted by Gasteiger charge is -2.13. The summed E-state index contributed by atoms with van der Waals surface area (Å²) in [5.74, 6) is -0.0572. The second-order valence-electron chi connectivity index (χ2n) is 7.08. The standard InChI is InChI=1S/C19H18ClF3N6O2S/c1-10(2)24-17-27-16(14-5-4-6-15(26-14)19(21,22)23)28-18(29-17)25-12-7-11(20)8-13(9-12)32(3,30)31/h4-10H,1-3H3,(H2,24,25,27,28,29). The monoisotopic (exact) mass is 486 g/mol. The number of anilines is 3. The van der Waals surface area contributed by atoms with Gasteiger partial charge in [-0.2, -0.15) is 28.1 Å². The van der Waals surface area contributed by atoms with Crippen molar-refractivity contribution in [2.75, 3.05) is 16.9 Å². The lowest BCUT2D eigenvalue weighted by molar-refractivity contribution is -0.141. The van der Waals surface area contributed by atoms with Gasteiger partial charge in [-0.1, -0.05) is 17.7 Å². The third-order valence-corrected chi connectivity index (χ3v) is 5.19. The molecule has 0 aliphatic rings. The minimum absolute atomic E-state index is 0.0261. The van der Waals surface area contributed by atoms with Crippen molar-refractivity contribution in [3.63, 3.8) is 0 Å². The van der Waals surface area contributed by atoms with Gasteiger partial charge in [0.15, 0.2) is 15.7 Å². The lowest BCUT2D eigenvalue weighted by Crippen LogP contribution is -2.15. The Morgan fingerprint density at radius 1 is 1.00 bits per heavy atom. The Kier molecular flexibility index (Phi) is 6.56. The summed E-state index contributed by atoms with van der Waals surface area (Å²) in [4.78, 5) is 16.1. The molecule has 0 radical (unpaired) electrons. The number of benzene rings is 1. The van der Waals surface area contributed by atoms with Crippen LogP contribution in [-0.4, -0.2) is 40.7 Å². The van der Waals surface area contributed by atoms with E-state index in [4.69, 9.17) is 11.6 Å². The van der Waals surface area contributed by atoms with Gasteiger partial charge in [0, 0.05) is 23.0 Å². The average Bonchev–Trinajstić information content (AvgIpc) is 2.65. The molecule has 0 saturated heterocycles. The van der Waals surface area contributed by atoms with Crippen molar-refractivity contribution in [1.82, 2.24) is 19.9 Å². The highest BCUT2D eigenvalue weighted by Gasteiger charge is 2.32. The molecular weight excluding hydrogens is 469 g/mol. The van der Waals surface area contributed by atoms with E-state index in [0.29, 0.717) is 0 Å². The third kappa shape index (κ3) is 6.04. The molecule has 0 bridgehead atoms. The van der Waals surface area contributed by atoms with Gasteiger partial charge in [0.1, 0.15) is 11.4 Å². The van der Waals surface area contributed by atoms with E-state index in [1.807, 2.05) is 13.8 Å². The number of halogens is 4. The van der Waals surface area contributed by atoms with E-state index in [0.717, 1.165) is 12.3 Å². The predicted octanol–water partition coefficient (Wildman–Crippen LogP) is 4.57. The number of nitrogens with one attached hydrogen (secondary N) is 2. The summed E-state index contributed by atoms with van der Waals surface area (Å²) >= 11 is 6.02. The topological polar surface area (TPSA) is 110 Å². The van der Waals surface area contributed by atoms with Crippen molar-refractivity contribution in [1.29, 1.82) is 0 Å². The molecule has 8 nitrogen and oxygen atoms in total. The zero-order chi connectivity index (χ0) is 23.7. The molecule has 0 amide bonds. The number of pyridine rings is 1. The molecule has 0 aliphatic carbocycles. The smallest absolute Gasteiger partial charge is 0.352 e. The summed E-state index contributed by atoms with van der Waals surface area (Å²) in [6, 6.07) is 7.38. The minimum Gasteiger partial charge on any atom is -0.352 e. The summed E-state index contributed by atoms with van der Waals surface area (Å²) in [6.45, 7) is 3.66. The van der Waals surface area contributed by atoms with Crippen LogP contribution in [0.4, 0.5) is 30.8 Å². The zero-order valence-electron chi connectivity index (χ0n) is 17.1. The van der Waals surface area contributed by atoms with Crippen molar-refractivity contribution >= 4 is 39.0 Å². The van der Waals surface area contributed by atoms with Gasteiger partial charge in [-0.15, -0.1) is 0 Å². The molecule has 3 aromatic rings. The first-order valence-electron chi connectivity index (χ1n) is 9.16. The fourth-order valence-electron chi connectivity index (χ4n) is 2.56. The summed E-state index contributed by atoms with van der Waals surface area (Å²) in [7, 11) is -3.54. The van der Waals surface area contributed by atoms with Crippen molar-refractivity contribution in [2.24, 2.45) is 0 Å². The fraction of sp³-hybridized carbons (Fsp3) is 0.263. The third-order valence-electron chi connectivity index (χ3n) is 3.88. The Balaban J connectivity index is 2.07. The van der Waals surface area contributed by atoms with Gasteiger partial charge < -0.3 is 10.6 Å². The van der Waals surface area contributed by atoms with Crippen LogP contribution in [0.25, 0.3) is 11.5 Å². The summed E-state index contributed by atoms with van der Waals surface area (Å²) < 4.78 is 63.0. The first kappa shape index (κ1) is 23.7. The van der Waals surface area contributed by atoms with Gasteiger partial charge in [-0.05, 0) is 44.2 Å².